The quantitative estimate of drug-likeness (QED) is 0.659. The molecule has 0 aromatic rings. The molecule has 82 valence electrons. The second-order valence-electron chi connectivity index (χ2n) is 5.13. The summed E-state index contributed by atoms with van der Waals surface area (Å²) in [5.41, 5.74) is 6.05. The van der Waals surface area contributed by atoms with Crippen molar-refractivity contribution < 1.29 is 0 Å². The van der Waals surface area contributed by atoms with Crippen molar-refractivity contribution in [2.45, 2.75) is 31.8 Å². The van der Waals surface area contributed by atoms with E-state index in [0.29, 0.717) is 12.0 Å². The zero-order valence-corrected chi connectivity index (χ0v) is 9.45. The Balaban J connectivity index is 1.85. The van der Waals surface area contributed by atoms with Gasteiger partial charge in [0.1, 0.15) is 0 Å². The summed E-state index contributed by atoms with van der Waals surface area (Å²) >= 11 is 0. The summed E-state index contributed by atoms with van der Waals surface area (Å²) in [6, 6.07) is 1.22. The Kier molecular flexibility index (Phi) is 3.10. The van der Waals surface area contributed by atoms with Crippen LogP contribution in [0.25, 0.3) is 0 Å². The fourth-order valence-corrected chi connectivity index (χ4v) is 2.69. The van der Waals surface area contributed by atoms with Crippen molar-refractivity contribution in [3.63, 3.8) is 0 Å². The molecule has 2 heterocycles. The molecule has 0 aromatic carbocycles. The smallest absolute Gasteiger partial charge is 0.0206 e. The second-order valence-corrected chi connectivity index (χ2v) is 5.13. The third-order valence-electron chi connectivity index (χ3n) is 3.90. The molecule has 2 saturated heterocycles. The average molecular weight is 197 g/mol. The maximum atomic E-state index is 6.05. The highest BCUT2D eigenvalue weighted by atomic mass is 15.2. The summed E-state index contributed by atoms with van der Waals surface area (Å²) in [4.78, 5) is 5.04. The molecule has 2 aliphatic heterocycles. The van der Waals surface area contributed by atoms with Crippen LogP contribution in [0.3, 0.4) is 0 Å². The lowest BCUT2D eigenvalue weighted by molar-refractivity contribution is 0.140. The van der Waals surface area contributed by atoms with E-state index in [1.165, 1.54) is 32.5 Å². The van der Waals surface area contributed by atoms with Crippen molar-refractivity contribution in [1.29, 1.82) is 0 Å². The first kappa shape index (κ1) is 10.4. The van der Waals surface area contributed by atoms with Crippen LogP contribution < -0.4 is 5.73 Å². The van der Waals surface area contributed by atoms with Crippen molar-refractivity contribution in [3.8, 4) is 0 Å². The van der Waals surface area contributed by atoms with Gasteiger partial charge in [0.2, 0.25) is 0 Å². The van der Waals surface area contributed by atoms with Gasteiger partial charge >= 0.3 is 0 Å². The van der Waals surface area contributed by atoms with Crippen LogP contribution in [0.15, 0.2) is 0 Å². The number of piperidine rings is 1. The van der Waals surface area contributed by atoms with Gasteiger partial charge in [-0.25, -0.2) is 0 Å². The first-order valence-electron chi connectivity index (χ1n) is 5.85. The second kappa shape index (κ2) is 4.17. The van der Waals surface area contributed by atoms with Gasteiger partial charge in [-0.2, -0.15) is 0 Å². The Bertz CT molecular complexity index is 177. The normalized spacial score (nSPS) is 37.9. The van der Waals surface area contributed by atoms with Gasteiger partial charge < -0.3 is 10.6 Å². The summed E-state index contributed by atoms with van der Waals surface area (Å²) in [5, 5.41) is 0. The van der Waals surface area contributed by atoms with Gasteiger partial charge in [-0.05, 0) is 38.9 Å². The lowest BCUT2D eigenvalue weighted by Crippen LogP contribution is -2.43. The third-order valence-corrected chi connectivity index (χ3v) is 3.90. The van der Waals surface area contributed by atoms with E-state index in [2.05, 4.69) is 23.8 Å². The van der Waals surface area contributed by atoms with E-state index in [1.54, 1.807) is 0 Å². The van der Waals surface area contributed by atoms with Crippen LogP contribution in [0.1, 0.15) is 19.8 Å². The molecule has 3 heteroatoms. The van der Waals surface area contributed by atoms with Crippen molar-refractivity contribution in [3.05, 3.63) is 0 Å². The maximum Gasteiger partial charge on any atom is 0.0206 e. The van der Waals surface area contributed by atoms with Gasteiger partial charge in [-0.3, -0.25) is 4.90 Å². The minimum absolute atomic E-state index is 0.412. The highest BCUT2D eigenvalue weighted by Crippen LogP contribution is 2.22. The van der Waals surface area contributed by atoms with Gasteiger partial charge in [0.05, 0.1) is 0 Å². The summed E-state index contributed by atoms with van der Waals surface area (Å²) < 4.78 is 0. The average Bonchev–Trinajstić information content (AvgIpc) is 2.48. The first-order valence-corrected chi connectivity index (χ1v) is 5.85. The Morgan fingerprint density at radius 2 is 1.79 bits per heavy atom. The van der Waals surface area contributed by atoms with E-state index < -0.39 is 0 Å². The Hall–Kier alpha value is -0.120. The van der Waals surface area contributed by atoms with E-state index in [-0.39, 0.29) is 0 Å². The molecule has 3 nitrogen and oxygen atoms in total. The van der Waals surface area contributed by atoms with Gasteiger partial charge in [0, 0.05) is 25.2 Å². The molecule has 2 atom stereocenters. The van der Waals surface area contributed by atoms with E-state index in [9.17, 15) is 0 Å². The van der Waals surface area contributed by atoms with E-state index in [0.717, 1.165) is 12.6 Å². The monoisotopic (exact) mass is 197 g/mol. The summed E-state index contributed by atoms with van der Waals surface area (Å²) in [7, 11) is 2.22. The molecule has 2 unspecified atom stereocenters. The Morgan fingerprint density at radius 1 is 1.14 bits per heavy atom. The SMILES string of the molecule is CC1CN(C2CCN(C)CC2)CC1N. The topological polar surface area (TPSA) is 32.5 Å². The largest absolute Gasteiger partial charge is 0.326 e. The predicted molar refractivity (Wildman–Crippen MR) is 59.2 cm³/mol. The number of rotatable bonds is 1. The van der Waals surface area contributed by atoms with Crippen LogP contribution in [0, 0.1) is 5.92 Å². The number of nitrogens with zero attached hydrogens (tertiary/aromatic N) is 2. The van der Waals surface area contributed by atoms with E-state index in [1.807, 2.05) is 0 Å². The molecular formula is C11H23N3. The highest BCUT2D eigenvalue weighted by molar-refractivity contribution is 4.89. The molecule has 2 aliphatic rings. The molecule has 0 amide bonds. The van der Waals surface area contributed by atoms with Crippen molar-refractivity contribution in [2.75, 3.05) is 33.2 Å². The maximum absolute atomic E-state index is 6.05. The van der Waals surface area contributed by atoms with Crippen LogP contribution in [-0.4, -0.2) is 55.1 Å². The fourth-order valence-electron chi connectivity index (χ4n) is 2.69. The highest BCUT2D eigenvalue weighted by Gasteiger charge is 2.32. The molecule has 0 spiro atoms. The van der Waals surface area contributed by atoms with Gasteiger partial charge in [0.15, 0.2) is 0 Å². The fraction of sp³-hybridized carbons (Fsp3) is 1.00. The zero-order valence-electron chi connectivity index (χ0n) is 9.45. The molecule has 14 heavy (non-hydrogen) atoms. The molecule has 0 radical (unpaired) electrons. The van der Waals surface area contributed by atoms with Crippen molar-refractivity contribution >= 4 is 0 Å². The van der Waals surface area contributed by atoms with E-state index in [4.69, 9.17) is 5.73 Å². The Morgan fingerprint density at radius 3 is 2.29 bits per heavy atom. The number of hydrogen-bond donors (Lipinski definition) is 1. The molecular weight excluding hydrogens is 174 g/mol. The lowest BCUT2D eigenvalue weighted by atomic mass is 10.0. The lowest BCUT2D eigenvalue weighted by Gasteiger charge is -2.35. The number of hydrogen-bond acceptors (Lipinski definition) is 3. The molecule has 2 fully saturated rings. The molecule has 0 bridgehead atoms. The third kappa shape index (κ3) is 2.10. The van der Waals surface area contributed by atoms with Crippen LogP contribution in [0.4, 0.5) is 0 Å². The number of nitrogens with two attached hydrogens (primary N) is 1. The van der Waals surface area contributed by atoms with Gasteiger partial charge in [-0.1, -0.05) is 6.92 Å². The van der Waals surface area contributed by atoms with Gasteiger partial charge in [-0.15, -0.1) is 0 Å². The molecule has 2 rings (SSSR count). The minimum atomic E-state index is 0.412. The molecule has 2 N–H and O–H groups in total. The van der Waals surface area contributed by atoms with Crippen LogP contribution in [0.2, 0.25) is 0 Å². The van der Waals surface area contributed by atoms with Crippen LogP contribution in [0.5, 0.6) is 0 Å². The van der Waals surface area contributed by atoms with Crippen LogP contribution in [-0.2, 0) is 0 Å². The number of likely N-dealkylation sites (tertiary alicyclic amines) is 2. The van der Waals surface area contributed by atoms with Gasteiger partial charge in [0.25, 0.3) is 0 Å². The zero-order chi connectivity index (χ0) is 10.1. The molecule has 0 aromatic heterocycles. The molecule has 0 saturated carbocycles. The Labute approximate surface area is 87.2 Å². The predicted octanol–water partition coefficient (Wildman–Crippen LogP) is 0.360. The first-order chi connectivity index (χ1) is 6.66. The summed E-state index contributed by atoms with van der Waals surface area (Å²) in [6.45, 7) is 7.13. The standard InChI is InChI=1S/C11H23N3/c1-9-7-14(8-11(9)12)10-3-5-13(2)6-4-10/h9-11H,3-8,12H2,1-2H3. The van der Waals surface area contributed by atoms with E-state index >= 15 is 0 Å². The summed E-state index contributed by atoms with van der Waals surface area (Å²) in [5.74, 6) is 0.689. The summed E-state index contributed by atoms with van der Waals surface area (Å²) in [6.07, 6.45) is 2.66. The molecule has 0 aliphatic carbocycles. The van der Waals surface area contributed by atoms with Crippen LogP contribution >= 0.6 is 0 Å². The minimum Gasteiger partial charge on any atom is -0.326 e. The van der Waals surface area contributed by atoms with Crippen molar-refractivity contribution in [1.82, 2.24) is 9.80 Å². The van der Waals surface area contributed by atoms with Crippen molar-refractivity contribution in [2.24, 2.45) is 11.7 Å².